The van der Waals surface area contributed by atoms with Crippen LogP contribution >= 0.6 is 0 Å². The highest BCUT2D eigenvalue weighted by molar-refractivity contribution is 6.77. The molecule has 1 atom stereocenters. The first-order chi connectivity index (χ1) is 16.0. The molecule has 0 aromatic heterocycles. The number of hydrogen-bond acceptors (Lipinski definition) is 6. The fourth-order valence-corrected chi connectivity index (χ4v) is 12.6. The maximum absolute atomic E-state index is 12.4. The van der Waals surface area contributed by atoms with E-state index in [0.29, 0.717) is 29.2 Å². The molecule has 34 heavy (non-hydrogen) atoms. The van der Waals surface area contributed by atoms with E-state index in [4.69, 9.17) is 17.7 Å². The van der Waals surface area contributed by atoms with Crippen molar-refractivity contribution in [2.75, 3.05) is 41.0 Å². The summed E-state index contributed by atoms with van der Waals surface area (Å²) in [5.74, 6) is -0.857. The van der Waals surface area contributed by atoms with Gasteiger partial charge in [0.2, 0.25) is 8.32 Å². The molecule has 0 aliphatic rings. The normalized spacial score (nSPS) is 14.1. The molecule has 0 amide bonds. The van der Waals surface area contributed by atoms with E-state index in [2.05, 4.69) is 53.4 Å². The van der Waals surface area contributed by atoms with Crippen LogP contribution in [-0.4, -0.2) is 80.2 Å². The molecular formula is C25H55NO6Si2. The van der Waals surface area contributed by atoms with Gasteiger partial charge in [0, 0.05) is 33.9 Å². The monoisotopic (exact) mass is 521 g/mol. The summed E-state index contributed by atoms with van der Waals surface area (Å²) in [5, 5.41) is 10.2. The van der Waals surface area contributed by atoms with Crippen LogP contribution in [0.25, 0.3) is 0 Å². The first-order valence-corrected chi connectivity index (χ1v) is 17.3. The van der Waals surface area contributed by atoms with Crippen molar-refractivity contribution in [2.45, 2.75) is 116 Å². The lowest BCUT2D eigenvalue weighted by atomic mass is 10.1. The maximum Gasteiger partial charge on any atom is 0.500 e. The Bertz CT molecular complexity index is 513. The Kier molecular flexibility index (Phi) is 17.1. The second kappa shape index (κ2) is 17.2. The molecule has 0 aromatic carbocycles. The summed E-state index contributed by atoms with van der Waals surface area (Å²) in [6.45, 7) is 17.4. The molecule has 9 heteroatoms. The molecule has 0 saturated heterocycles. The van der Waals surface area contributed by atoms with Crippen molar-refractivity contribution in [1.29, 1.82) is 0 Å². The SMILES string of the molecule is CCCCCCCN(CCC[Si](OC)(OC)OC)CC(O[Si](C(C)C)(C(C)C)C(C)C)C(=O)O. The zero-order chi connectivity index (χ0) is 26.4. The fraction of sp³-hybridized carbons (Fsp3) is 0.960. The van der Waals surface area contributed by atoms with Gasteiger partial charge in [0.05, 0.1) is 0 Å². The van der Waals surface area contributed by atoms with E-state index in [9.17, 15) is 9.90 Å². The first kappa shape index (κ1) is 33.7. The molecule has 0 rings (SSSR count). The minimum absolute atomic E-state index is 0.341. The van der Waals surface area contributed by atoms with Crippen LogP contribution < -0.4 is 0 Å². The summed E-state index contributed by atoms with van der Waals surface area (Å²) in [6, 6.07) is 0.699. The van der Waals surface area contributed by atoms with Gasteiger partial charge in [-0.2, -0.15) is 0 Å². The average Bonchev–Trinajstić information content (AvgIpc) is 2.78. The summed E-state index contributed by atoms with van der Waals surface area (Å²) in [4.78, 5) is 14.7. The van der Waals surface area contributed by atoms with Gasteiger partial charge in [0.15, 0.2) is 6.10 Å². The van der Waals surface area contributed by atoms with Crippen molar-refractivity contribution in [3.63, 3.8) is 0 Å². The zero-order valence-corrected chi connectivity index (χ0v) is 25.8. The molecule has 0 heterocycles. The van der Waals surface area contributed by atoms with E-state index in [-0.39, 0.29) is 0 Å². The Balaban J connectivity index is 5.54. The Morgan fingerprint density at radius 3 is 1.68 bits per heavy atom. The smallest absolute Gasteiger partial charge is 0.479 e. The van der Waals surface area contributed by atoms with Crippen molar-refractivity contribution in [3.05, 3.63) is 0 Å². The number of nitrogens with zero attached hydrogens (tertiary/aromatic N) is 1. The zero-order valence-electron chi connectivity index (χ0n) is 23.8. The summed E-state index contributed by atoms with van der Waals surface area (Å²) in [7, 11) is -0.0577. The Morgan fingerprint density at radius 1 is 0.794 bits per heavy atom. The Labute approximate surface area is 212 Å². The van der Waals surface area contributed by atoms with Crippen molar-refractivity contribution >= 4 is 23.1 Å². The molecule has 7 nitrogen and oxygen atoms in total. The van der Waals surface area contributed by atoms with Gasteiger partial charge in [0.1, 0.15) is 0 Å². The average molecular weight is 522 g/mol. The highest BCUT2D eigenvalue weighted by Gasteiger charge is 2.48. The van der Waals surface area contributed by atoms with E-state index in [1.807, 2.05) is 0 Å². The third-order valence-corrected chi connectivity index (χ3v) is 16.2. The van der Waals surface area contributed by atoms with Gasteiger partial charge in [0.25, 0.3) is 0 Å². The lowest BCUT2D eigenvalue weighted by molar-refractivity contribution is -0.146. The van der Waals surface area contributed by atoms with Gasteiger partial charge in [-0.15, -0.1) is 0 Å². The van der Waals surface area contributed by atoms with E-state index < -0.39 is 29.2 Å². The predicted octanol–water partition coefficient (Wildman–Crippen LogP) is 6.17. The highest BCUT2D eigenvalue weighted by Crippen LogP contribution is 2.43. The lowest BCUT2D eigenvalue weighted by Crippen LogP contribution is -2.54. The molecule has 204 valence electrons. The van der Waals surface area contributed by atoms with Crippen molar-refractivity contribution < 1.29 is 27.6 Å². The molecular weight excluding hydrogens is 466 g/mol. The van der Waals surface area contributed by atoms with Crippen LogP contribution in [-0.2, 0) is 22.5 Å². The third kappa shape index (κ3) is 10.4. The third-order valence-electron chi connectivity index (χ3n) is 7.22. The largest absolute Gasteiger partial charge is 0.500 e. The number of carbonyl (C=O) groups is 1. The van der Waals surface area contributed by atoms with E-state index >= 15 is 0 Å². The quantitative estimate of drug-likeness (QED) is 0.143. The molecule has 1 N–H and O–H groups in total. The number of rotatable bonds is 21. The molecule has 0 spiro atoms. The molecule has 0 radical (unpaired) electrons. The molecule has 1 unspecified atom stereocenters. The van der Waals surface area contributed by atoms with Gasteiger partial charge in [-0.3, -0.25) is 0 Å². The van der Waals surface area contributed by atoms with Gasteiger partial charge in [-0.1, -0.05) is 74.1 Å². The second-order valence-electron chi connectivity index (χ2n) is 10.4. The molecule has 0 fully saturated rings. The number of aliphatic carboxylic acids is 1. The van der Waals surface area contributed by atoms with Crippen LogP contribution in [0.4, 0.5) is 0 Å². The molecule has 0 aromatic rings. The first-order valence-electron chi connectivity index (χ1n) is 13.2. The highest BCUT2D eigenvalue weighted by atomic mass is 28.4. The molecule has 0 aliphatic carbocycles. The van der Waals surface area contributed by atoms with Crippen LogP contribution in [0.5, 0.6) is 0 Å². The molecule has 0 aliphatic heterocycles. The minimum Gasteiger partial charge on any atom is -0.479 e. The summed E-state index contributed by atoms with van der Waals surface area (Å²) < 4.78 is 23.4. The Hall–Kier alpha value is -0.296. The number of carboxylic acid groups (broad SMARTS) is 1. The maximum atomic E-state index is 12.4. The Morgan fingerprint density at radius 2 is 1.26 bits per heavy atom. The molecule has 0 bridgehead atoms. The van der Waals surface area contributed by atoms with Crippen molar-refractivity contribution in [2.24, 2.45) is 0 Å². The number of carboxylic acids is 1. The standard InChI is InChI=1S/C25H55NO6Si2/c1-11-12-13-14-15-17-26(18-16-19-33(29-8,30-9)31-10)20-24(25(27)28)32-34(21(2)3,22(4)5)23(6)7/h21-24H,11-20H2,1-10H3,(H,27,28). The number of unbranched alkanes of at least 4 members (excludes halogenated alkanes) is 4. The summed E-state index contributed by atoms with van der Waals surface area (Å²) >= 11 is 0. The van der Waals surface area contributed by atoms with E-state index in [1.54, 1.807) is 21.3 Å². The van der Waals surface area contributed by atoms with Gasteiger partial charge >= 0.3 is 14.8 Å². The minimum atomic E-state index is -2.65. The van der Waals surface area contributed by atoms with Crippen LogP contribution in [0.3, 0.4) is 0 Å². The van der Waals surface area contributed by atoms with Gasteiger partial charge in [-0.05, 0) is 42.6 Å². The van der Waals surface area contributed by atoms with Crippen LogP contribution in [0, 0.1) is 0 Å². The summed E-state index contributed by atoms with van der Waals surface area (Å²) in [6.07, 6.45) is 5.92. The van der Waals surface area contributed by atoms with Crippen molar-refractivity contribution in [1.82, 2.24) is 4.90 Å². The van der Waals surface area contributed by atoms with Crippen molar-refractivity contribution in [3.8, 4) is 0 Å². The van der Waals surface area contributed by atoms with E-state index in [1.165, 1.54) is 25.7 Å². The van der Waals surface area contributed by atoms with Crippen LogP contribution in [0.15, 0.2) is 0 Å². The topological polar surface area (TPSA) is 77.5 Å². The van der Waals surface area contributed by atoms with E-state index in [0.717, 1.165) is 25.9 Å². The lowest BCUT2D eigenvalue weighted by Gasteiger charge is -2.44. The van der Waals surface area contributed by atoms with Gasteiger partial charge in [-0.25, -0.2) is 4.79 Å². The van der Waals surface area contributed by atoms with Crippen LogP contribution in [0.2, 0.25) is 22.7 Å². The van der Waals surface area contributed by atoms with Gasteiger partial charge < -0.3 is 27.7 Å². The van der Waals surface area contributed by atoms with Crippen LogP contribution in [0.1, 0.15) is 87.0 Å². The molecule has 0 saturated carbocycles. The number of hydrogen-bond donors (Lipinski definition) is 1. The second-order valence-corrected chi connectivity index (χ2v) is 18.9. The summed E-state index contributed by atoms with van der Waals surface area (Å²) in [5.41, 5.74) is 1.02. The predicted molar refractivity (Wildman–Crippen MR) is 145 cm³/mol. The fourth-order valence-electron chi connectivity index (χ4n) is 5.36.